The second-order valence-corrected chi connectivity index (χ2v) is 5.05. The summed E-state index contributed by atoms with van der Waals surface area (Å²) in [6.45, 7) is 3.87. The molecule has 1 heterocycles. The van der Waals surface area contributed by atoms with Crippen molar-refractivity contribution in [2.75, 3.05) is 20.6 Å². The molecule has 96 valence electrons. The number of aromatic nitrogens is 2. The van der Waals surface area contributed by atoms with Gasteiger partial charge in [-0.2, -0.15) is 4.98 Å². The number of nitrogens with one attached hydrogen (secondary N) is 1. The molecule has 17 heavy (non-hydrogen) atoms. The summed E-state index contributed by atoms with van der Waals surface area (Å²) in [4.78, 5) is 6.46. The Morgan fingerprint density at radius 1 is 1.47 bits per heavy atom. The largest absolute Gasteiger partial charge is 0.339 e. The minimum atomic E-state index is 0.507. The van der Waals surface area contributed by atoms with Crippen LogP contribution in [0.2, 0.25) is 0 Å². The lowest BCUT2D eigenvalue weighted by molar-refractivity contribution is 0.333. The van der Waals surface area contributed by atoms with Gasteiger partial charge >= 0.3 is 0 Å². The van der Waals surface area contributed by atoms with Crippen molar-refractivity contribution in [3.05, 3.63) is 11.7 Å². The van der Waals surface area contributed by atoms with Crippen molar-refractivity contribution >= 4 is 0 Å². The normalized spacial score (nSPS) is 17.6. The Bertz CT molecular complexity index is 346. The van der Waals surface area contributed by atoms with Gasteiger partial charge in [0.2, 0.25) is 5.89 Å². The molecule has 1 fully saturated rings. The Hall–Kier alpha value is -0.940. The highest BCUT2D eigenvalue weighted by Crippen LogP contribution is 2.33. The van der Waals surface area contributed by atoms with Gasteiger partial charge in [-0.25, -0.2) is 0 Å². The van der Waals surface area contributed by atoms with Crippen LogP contribution >= 0.6 is 0 Å². The molecule has 0 radical (unpaired) electrons. The fourth-order valence-electron chi connectivity index (χ4n) is 2.07. The van der Waals surface area contributed by atoms with Gasteiger partial charge in [0.1, 0.15) is 0 Å². The third-order valence-electron chi connectivity index (χ3n) is 3.02. The molecule has 1 saturated carbocycles. The second-order valence-electron chi connectivity index (χ2n) is 5.05. The van der Waals surface area contributed by atoms with Crippen molar-refractivity contribution < 1.29 is 4.52 Å². The first-order valence-corrected chi connectivity index (χ1v) is 6.38. The van der Waals surface area contributed by atoms with Crippen LogP contribution in [0.4, 0.5) is 0 Å². The van der Waals surface area contributed by atoms with Crippen LogP contribution in [-0.4, -0.2) is 41.7 Å². The lowest BCUT2D eigenvalue weighted by Gasteiger charge is -2.14. The molecular formula is C12H22N4O. The number of rotatable bonds is 7. The molecule has 0 aliphatic heterocycles. The molecule has 0 bridgehead atoms. The van der Waals surface area contributed by atoms with Gasteiger partial charge in [-0.05, 0) is 39.4 Å². The maximum atomic E-state index is 5.29. The van der Waals surface area contributed by atoms with Crippen molar-refractivity contribution in [2.45, 2.75) is 38.8 Å². The smallest absolute Gasteiger partial charge is 0.228 e. The van der Waals surface area contributed by atoms with Crippen LogP contribution in [0.1, 0.15) is 31.5 Å². The summed E-state index contributed by atoms with van der Waals surface area (Å²) in [6.07, 6.45) is 3.52. The Labute approximate surface area is 103 Å². The molecule has 1 aromatic heterocycles. The van der Waals surface area contributed by atoms with Gasteiger partial charge in [0.25, 0.3) is 0 Å². The zero-order valence-corrected chi connectivity index (χ0v) is 10.9. The van der Waals surface area contributed by atoms with E-state index in [0.717, 1.165) is 37.1 Å². The number of hydrogen-bond acceptors (Lipinski definition) is 5. The average molecular weight is 238 g/mol. The molecular weight excluding hydrogens is 216 g/mol. The first-order valence-electron chi connectivity index (χ1n) is 6.38. The van der Waals surface area contributed by atoms with E-state index in [4.69, 9.17) is 4.52 Å². The van der Waals surface area contributed by atoms with Crippen LogP contribution in [0.5, 0.6) is 0 Å². The van der Waals surface area contributed by atoms with E-state index in [1.165, 1.54) is 12.8 Å². The lowest BCUT2D eigenvalue weighted by Crippen LogP contribution is -2.33. The summed E-state index contributed by atoms with van der Waals surface area (Å²) < 4.78 is 5.29. The molecule has 5 heteroatoms. The molecule has 0 amide bonds. The third-order valence-corrected chi connectivity index (χ3v) is 3.02. The van der Waals surface area contributed by atoms with Crippen LogP contribution in [-0.2, 0) is 13.0 Å². The number of hydrogen-bond donors (Lipinski definition) is 1. The van der Waals surface area contributed by atoms with Gasteiger partial charge in [0.05, 0.1) is 6.54 Å². The van der Waals surface area contributed by atoms with Crippen LogP contribution < -0.4 is 5.32 Å². The minimum absolute atomic E-state index is 0.507. The molecule has 0 saturated heterocycles. The maximum Gasteiger partial charge on any atom is 0.228 e. The Morgan fingerprint density at radius 3 is 2.82 bits per heavy atom. The van der Waals surface area contributed by atoms with Gasteiger partial charge in [-0.1, -0.05) is 12.1 Å². The number of likely N-dealkylation sites (N-methyl/N-ethyl adjacent to an activating group) is 1. The van der Waals surface area contributed by atoms with E-state index in [9.17, 15) is 0 Å². The summed E-state index contributed by atoms with van der Waals surface area (Å²) in [5.74, 6) is 2.34. The molecule has 5 nitrogen and oxygen atoms in total. The van der Waals surface area contributed by atoms with Crippen molar-refractivity contribution in [3.8, 4) is 0 Å². The molecule has 1 atom stereocenters. The fraction of sp³-hybridized carbons (Fsp3) is 0.833. The summed E-state index contributed by atoms with van der Waals surface area (Å²) >= 11 is 0. The molecule has 1 aromatic rings. The minimum Gasteiger partial charge on any atom is -0.339 e. The molecule has 1 N–H and O–H groups in total. The second kappa shape index (κ2) is 5.60. The van der Waals surface area contributed by atoms with Crippen molar-refractivity contribution in [2.24, 2.45) is 5.92 Å². The van der Waals surface area contributed by atoms with E-state index in [1.54, 1.807) is 0 Å². The zero-order chi connectivity index (χ0) is 12.3. The molecule has 0 spiro atoms. The van der Waals surface area contributed by atoms with E-state index in [0.29, 0.717) is 6.04 Å². The van der Waals surface area contributed by atoms with Gasteiger partial charge in [0, 0.05) is 12.5 Å². The van der Waals surface area contributed by atoms with E-state index in [2.05, 4.69) is 22.4 Å². The van der Waals surface area contributed by atoms with Crippen molar-refractivity contribution in [3.63, 3.8) is 0 Å². The highest BCUT2D eigenvalue weighted by molar-refractivity contribution is 4.95. The van der Waals surface area contributed by atoms with Gasteiger partial charge in [-0.3, -0.25) is 0 Å². The molecule has 1 aliphatic rings. The van der Waals surface area contributed by atoms with Crippen molar-refractivity contribution in [1.82, 2.24) is 20.4 Å². The van der Waals surface area contributed by atoms with Crippen LogP contribution in [0.25, 0.3) is 0 Å². The van der Waals surface area contributed by atoms with E-state index >= 15 is 0 Å². The monoisotopic (exact) mass is 238 g/mol. The summed E-state index contributed by atoms with van der Waals surface area (Å²) in [5, 5.41) is 7.50. The van der Waals surface area contributed by atoms with Gasteiger partial charge < -0.3 is 14.7 Å². The van der Waals surface area contributed by atoms with Gasteiger partial charge in [0.15, 0.2) is 5.82 Å². The standard InChI is InChI=1S/C12H22N4O/c1-4-13-10(9-5-6-9)7-12-14-11(15-17-12)8-16(2)3/h9-10,13H,4-8H2,1-3H3. The Balaban J connectivity index is 1.90. The quantitative estimate of drug-likeness (QED) is 0.770. The maximum absolute atomic E-state index is 5.29. The number of nitrogens with zero attached hydrogens (tertiary/aromatic N) is 3. The summed E-state index contributed by atoms with van der Waals surface area (Å²) in [5.41, 5.74) is 0. The summed E-state index contributed by atoms with van der Waals surface area (Å²) in [6, 6.07) is 0.507. The van der Waals surface area contributed by atoms with E-state index < -0.39 is 0 Å². The molecule has 1 aliphatic carbocycles. The highest BCUT2D eigenvalue weighted by Gasteiger charge is 2.31. The Kier molecular flexibility index (Phi) is 4.12. The van der Waals surface area contributed by atoms with E-state index in [-0.39, 0.29) is 0 Å². The van der Waals surface area contributed by atoms with E-state index in [1.807, 2.05) is 19.0 Å². The predicted octanol–water partition coefficient (Wildman–Crippen LogP) is 1.06. The molecule has 2 rings (SSSR count). The first kappa shape index (κ1) is 12.5. The van der Waals surface area contributed by atoms with Gasteiger partial charge in [-0.15, -0.1) is 0 Å². The predicted molar refractivity (Wildman–Crippen MR) is 65.6 cm³/mol. The average Bonchev–Trinajstić information content (AvgIpc) is 3.01. The lowest BCUT2D eigenvalue weighted by atomic mass is 10.1. The molecule has 0 aromatic carbocycles. The Morgan fingerprint density at radius 2 is 2.24 bits per heavy atom. The first-order chi connectivity index (χ1) is 8.19. The van der Waals surface area contributed by atoms with Crippen LogP contribution in [0, 0.1) is 5.92 Å². The van der Waals surface area contributed by atoms with Crippen LogP contribution in [0.3, 0.4) is 0 Å². The molecule has 1 unspecified atom stereocenters. The fourth-order valence-corrected chi connectivity index (χ4v) is 2.07. The third kappa shape index (κ3) is 3.78. The zero-order valence-electron chi connectivity index (χ0n) is 10.9. The van der Waals surface area contributed by atoms with Crippen molar-refractivity contribution in [1.29, 1.82) is 0 Å². The highest BCUT2D eigenvalue weighted by atomic mass is 16.5. The van der Waals surface area contributed by atoms with Crippen LogP contribution in [0.15, 0.2) is 4.52 Å². The SMILES string of the molecule is CCNC(Cc1nc(CN(C)C)no1)C1CC1. The topological polar surface area (TPSA) is 54.2 Å². The summed E-state index contributed by atoms with van der Waals surface area (Å²) in [7, 11) is 4.00.